The van der Waals surface area contributed by atoms with Gasteiger partial charge in [0.1, 0.15) is 0 Å². The summed E-state index contributed by atoms with van der Waals surface area (Å²) in [6.07, 6.45) is 8.83. The minimum absolute atomic E-state index is 0.330. The zero-order valence-electron chi connectivity index (χ0n) is 15.9. The Morgan fingerprint density at radius 1 is 1.08 bits per heavy atom. The molecule has 26 heavy (non-hydrogen) atoms. The van der Waals surface area contributed by atoms with E-state index < -0.39 is 17.4 Å². The van der Waals surface area contributed by atoms with E-state index in [-0.39, 0.29) is 0 Å². The maximum absolute atomic E-state index is 12.5. The van der Waals surface area contributed by atoms with Crippen LogP contribution in [0.1, 0.15) is 44.6 Å². The van der Waals surface area contributed by atoms with E-state index in [0.717, 1.165) is 36.0 Å². The number of unbranched alkanes of at least 4 members (excludes halogenated alkanes) is 2. The van der Waals surface area contributed by atoms with Crippen LogP contribution in [0.2, 0.25) is 0 Å². The van der Waals surface area contributed by atoms with Crippen molar-refractivity contribution in [2.75, 3.05) is 14.2 Å². The molecule has 0 unspecified atom stereocenters. The molecule has 140 valence electrons. The average molecular weight is 356 g/mol. The van der Waals surface area contributed by atoms with Gasteiger partial charge in [-0.15, -0.1) is 0 Å². The fraction of sp³-hybridized carbons (Fsp3) is 0.455. The number of benzene rings is 1. The smallest absolute Gasteiger partial charge is 0.323 e. The molecule has 4 heteroatoms. The topological polar surface area (TPSA) is 52.6 Å². The van der Waals surface area contributed by atoms with Crippen LogP contribution in [0.4, 0.5) is 0 Å². The molecule has 0 spiro atoms. The van der Waals surface area contributed by atoms with Crippen LogP contribution in [0.15, 0.2) is 53.6 Å². The minimum atomic E-state index is -1.27. The lowest BCUT2D eigenvalue weighted by atomic mass is 9.83. The van der Waals surface area contributed by atoms with Crippen LogP contribution in [0.3, 0.4) is 0 Å². The number of hydrogen-bond acceptors (Lipinski definition) is 4. The minimum Gasteiger partial charge on any atom is -0.468 e. The lowest BCUT2D eigenvalue weighted by Gasteiger charge is -2.23. The third-order valence-electron chi connectivity index (χ3n) is 4.92. The number of methoxy groups -OCH3 is 2. The third kappa shape index (κ3) is 4.43. The van der Waals surface area contributed by atoms with Crippen molar-refractivity contribution in [1.82, 2.24) is 0 Å². The molecule has 0 fully saturated rings. The maximum Gasteiger partial charge on any atom is 0.323 e. The van der Waals surface area contributed by atoms with E-state index in [1.165, 1.54) is 14.2 Å². The highest BCUT2D eigenvalue weighted by Gasteiger charge is 2.52. The van der Waals surface area contributed by atoms with Crippen LogP contribution in [0.25, 0.3) is 0 Å². The van der Waals surface area contributed by atoms with Gasteiger partial charge in [0.25, 0.3) is 0 Å². The molecular weight excluding hydrogens is 328 g/mol. The van der Waals surface area contributed by atoms with E-state index in [9.17, 15) is 9.59 Å². The molecule has 0 saturated heterocycles. The summed E-state index contributed by atoms with van der Waals surface area (Å²) in [4.78, 5) is 25.0. The van der Waals surface area contributed by atoms with Crippen molar-refractivity contribution in [2.24, 2.45) is 5.41 Å². The predicted octanol–water partition coefficient (Wildman–Crippen LogP) is 4.40. The highest BCUT2D eigenvalue weighted by atomic mass is 16.5. The van der Waals surface area contributed by atoms with Gasteiger partial charge in [-0.25, -0.2) is 0 Å². The first-order valence-corrected chi connectivity index (χ1v) is 9.15. The Hall–Kier alpha value is -2.36. The second-order valence-corrected chi connectivity index (χ2v) is 6.75. The molecular formula is C22H28O4. The van der Waals surface area contributed by atoms with Crippen LogP contribution < -0.4 is 0 Å². The summed E-state index contributed by atoms with van der Waals surface area (Å²) in [6.45, 7) is 2.16. The molecule has 0 atom stereocenters. The van der Waals surface area contributed by atoms with E-state index in [0.29, 0.717) is 19.3 Å². The van der Waals surface area contributed by atoms with Crippen LogP contribution >= 0.6 is 0 Å². The highest BCUT2D eigenvalue weighted by Crippen LogP contribution is 2.45. The Morgan fingerprint density at radius 3 is 2.31 bits per heavy atom. The zero-order chi connectivity index (χ0) is 19.0. The Balaban J connectivity index is 2.33. The molecule has 0 heterocycles. The molecule has 1 aromatic rings. The van der Waals surface area contributed by atoms with Gasteiger partial charge in [0.15, 0.2) is 5.41 Å². The first-order chi connectivity index (χ1) is 12.6. The maximum atomic E-state index is 12.5. The average Bonchev–Trinajstić information content (AvgIpc) is 3.04. The van der Waals surface area contributed by atoms with E-state index in [2.05, 4.69) is 31.2 Å². The van der Waals surface area contributed by atoms with Crippen molar-refractivity contribution in [1.29, 1.82) is 0 Å². The van der Waals surface area contributed by atoms with Gasteiger partial charge in [-0.3, -0.25) is 9.59 Å². The zero-order valence-corrected chi connectivity index (χ0v) is 15.9. The third-order valence-corrected chi connectivity index (χ3v) is 4.92. The molecule has 4 nitrogen and oxygen atoms in total. The fourth-order valence-corrected chi connectivity index (χ4v) is 3.50. The number of carbonyl (C=O) groups excluding carboxylic acids is 2. The largest absolute Gasteiger partial charge is 0.468 e. The lowest BCUT2D eigenvalue weighted by molar-refractivity contribution is -0.168. The molecule has 0 amide bonds. The first kappa shape index (κ1) is 20.0. The number of rotatable bonds is 8. The number of hydrogen-bond donors (Lipinski definition) is 0. The summed E-state index contributed by atoms with van der Waals surface area (Å²) >= 11 is 0. The molecule has 1 aliphatic carbocycles. The van der Waals surface area contributed by atoms with Crippen molar-refractivity contribution in [3.63, 3.8) is 0 Å². The Bertz CT molecular complexity index is 669. The fourth-order valence-electron chi connectivity index (χ4n) is 3.50. The highest BCUT2D eigenvalue weighted by molar-refractivity contribution is 6.01. The summed E-state index contributed by atoms with van der Waals surface area (Å²) in [6, 6.07) is 10.1. The number of ether oxygens (including phenoxy) is 2. The molecule has 0 bridgehead atoms. The second-order valence-electron chi connectivity index (χ2n) is 6.75. The summed E-state index contributed by atoms with van der Waals surface area (Å²) in [7, 11) is 2.64. The number of carbonyl (C=O) groups is 2. The summed E-state index contributed by atoms with van der Waals surface area (Å²) in [5.74, 6) is -1.04. The Labute approximate surface area is 155 Å². The van der Waals surface area contributed by atoms with Crippen molar-refractivity contribution in [2.45, 2.75) is 45.4 Å². The van der Waals surface area contributed by atoms with Crippen molar-refractivity contribution in [3.8, 4) is 0 Å². The summed E-state index contributed by atoms with van der Waals surface area (Å²) in [5, 5.41) is 0. The Morgan fingerprint density at radius 2 is 1.73 bits per heavy atom. The SMILES string of the molecule is CCCC/C=C/C1=C(Cc2ccccc2)CC(C(=O)OC)(C(=O)OC)C1. The molecule has 0 radical (unpaired) electrons. The van der Waals surface area contributed by atoms with Gasteiger partial charge >= 0.3 is 11.9 Å². The monoisotopic (exact) mass is 356 g/mol. The van der Waals surface area contributed by atoms with Crippen molar-refractivity contribution >= 4 is 11.9 Å². The van der Waals surface area contributed by atoms with Crippen LogP contribution in [-0.2, 0) is 25.5 Å². The van der Waals surface area contributed by atoms with Crippen molar-refractivity contribution < 1.29 is 19.1 Å². The van der Waals surface area contributed by atoms with Gasteiger partial charge in [-0.2, -0.15) is 0 Å². The van der Waals surface area contributed by atoms with E-state index >= 15 is 0 Å². The van der Waals surface area contributed by atoms with Gasteiger partial charge in [0.05, 0.1) is 14.2 Å². The Kier molecular flexibility index (Phi) is 7.19. The molecule has 0 saturated carbocycles. The van der Waals surface area contributed by atoms with Crippen LogP contribution in [-0.4, -0.2) is 26.2 Å². The van der Waals surface area contributed by atoms with E-state index in [4.69, 9.17) is 9.47 Å². The van der Waals surface area contributed by atoms with Crippen molar-refractivity contribution in [3.05, 3.63) is 59.2 Å². The van der Waals surface area contributed by atoms with Crippen LogP contribution in [0.5, 0.6) is 0 Å². The normalized spacial score (nSPS) is 16.1. The van der Waals surface area contributed by atoms with Gasteiger partial charge in [-0.1, -0.05) is 67.8 Å². The molecule has 0 aromatic heterocycles. The quantitative estimate of drug-likeness (QED) is 0.394. The lowest BCUT2D eigenvalue weighted by Crippen LogP contribution is -2.39. The number of allylic oxidation sites excluding steroid dienone is 4. The predicted molar refractivity (Wildman–Crippen MR) is 102 cm³/mol. The van der Waals surface area contributed by atoms with Gasteiger partial charge in [0, 0.05) is 0 Å². The molecule has 1 aromatic carbocycles. The van der Waals surface area contributed by atoms with Crippen LogP contribution in [0, 0.1) is 5.41 Å². The van der Waals surface area contributed by atoms with E-state index in [1.807, 2.05) is 18.2 Å². The van der Waals surface area contributed by atoms with Gasteiger partial charge in [-0.05, 0) is 36.8 Å². The molecule has 1 aliphatic rings. The summed E-state index contributed by atoms with van der Waals surface area (Å²) < 4.78 is 9.92. The second kappa shape index (κ2) is 9.37. The molecule has 0 N–H and O–H groups in total. The van der Waals surface area contributed by atoms with Gasteiger partial charge in [0.2, 0.25) is 0 Å². The standard InChI is InChI=1S/C22H28O4/c1-4-5-6-10-13-18-15-22(20(23)25-2,21(24)26-3)16-19(18)14-17-11-8-7-9-12-17/h7-13H,4-6,14-16H2,1-3H3/b13-10+. The number of esters is 2. The van der Waals surface area contributed by atoms with E-state index in [1.54, 1.807) is 0 Å². The van der Waals surface area contributed by atoms with Gasteiger partial charge < -0.3 is 9.47 Å². The molecule has 2 rings (SSSR count). The first-order valence-electron chi connectivity index (χ1n) is 9.15. The molecule has 0 aliphatic heterocycles. The summed E-state index contributed by atoms with van der Waals surface area (Å²) in [5.41, 5.74) is 2.03.